The molecule has 2 aliphatic rings. The van der Waals surface area contributed by atoms with Gasteiger partial charge in [-0.05, 0) is 44.2 Å². The van der Waals surface area contributed by atoms with Crippen LogP contribution in [-0.2, 0) is 0 Å². The summed E-state index contributed by atoms with van der Waals surface area (Å²) in [5.74, 6) is 1.05. The van der Waals surface area contributed by atoms with Crippen molar-refractivity contribution in [1.82, 2.24) is 15.2 Å². The van der Waals surface area contributed by atoms with Gasteiger partial charge < -0.3 is 20.4 Å². The lowest BCUT2D eigenvalue weighted by Gasteiger charge is -2.33. The summed E-state index contributed by atoms with van der Waals surface area (Å²) in [5, 5.41) is 7.14. The number of likely N-dealkylation sites (N-methyl/N-ethyl adjacent to an activating group) is 1. The minimum absolute atomic E-state index is 0.576. The number of thiocarbonyl (C=S) groups is 1. The third-order valence-electron chi connectivity index (χ3n) is 3.75. The van der Waals surface area contributed by atoms with E-state index in [1.165, 1.54) is 12.8 Å². The molecule has 0 unspecified atom stereocenters. The van der Waals surface area contributed by atoms with Gasteiger partial charge in [-0.3, -0.25) is 0 Å². The molecule has 0 amide bonds. The van der Waals surface area contributed by atoms with Crippen molar-refractivity contribution < 1.29 is 0 Å². The van der Waals surface area contributed by atoms with Gasteiger partial charge in [-0.25, -0.2) is 4.98 Å². The molecule has 0 radical (unpaired) electrons. The molecule has 0 atom stereocenters. The van der Waals surface area contributed by atoms with Crippen molar-refractivity contribution in [3.8, 4) is 0 Å². The van der Waals surface area contributed by atoms with Crippen molar-refractivity contribution in [2.45, 2.75) is 18.9 Å². The van der Waals surface area contributed by atoms with E-state index in [0.29, 0.717) is 11.2 Å². The van der Waals surface area contributed by atoms with Crippen molar-refractivity contribution in [2.75, 3.05) is 43.4 Å². The highest BCUT2D eigenvalue weighted by atomic mass is 32.1. The van der Waals surface area contributed by atoms with Crippen LogP contribution in [0.25, 0.3) is 0 Å². The van der Waals surface area contributed by atoms with Gasteiger partial charge >= 0.3 is 0 Å². The van der Waals surface area contributed by atoms with Gasteiger partial charge in [0, 0.05) is 32.2 Å². The fourth-order valence-electron chi connectivity index (χ4n) is 2.26. The van der Waals surface area contributed by atoms with Crippen molar-refractivity contribution >= 4 is 28.8 Å². The third kappa shape index (κ3) is 3.58. The molecule has 6 heteroatoms. The number of nitrogens with zero attached hydrogens (tertiary/aromatic N) is 3. The zero-order valence-corrected chi connectivity index (χ0v) is 12.6. The Balaban J connectivity index is 1.55. The number of piperazine rings is 1. The lowest BCUT2D eigenvalue weighted by Crippen LogP contribution is -2.44. The Hall–Kier alpha value is -1.40. The molecule has 1 aromatic rings. The van der Waals surface area contributed by atoms with Crippen LogP contribution in [0.4, 0.5) is 11.5 Å². The Kier molecular flexibility index (Phi) is 4.03. The Morgan fingerprint density at radius 3 is 2.60 bits per heavy atom. The number of hydrogen-bond donors (Lipinski definition) is 2. The maximum absolute atomic E-state index is 5.26. The second kappa shape index (κ2) is 5.93. The zero-order chi connectivity index (χ0) is 13.9. The first-order valence-electron chi connectivity index (χ1n) is 7.18. The van der Waals surface area contributed by atoms with E-state index in [0.717, 1.165) is 37.7 Å². The lowest BCUT2D eigenvalue weighted by molar-refractivity contribution is 0.312. The van der Waals surface area contributed by atoms with Crippen LogP contribution in [0.3, 0.4) is 0 Å². The molecule has 1 aromatic heterocycles. The summed E-state index contributed by atoms with van der Waals surface area (Å²) in [6, 6.07) is 4.68. The number of hydrogen-bond acceptors (Lipinski definition) is 4. The summed E-state index contributed by atoms with van der Waals surface area (Å²) in [6.07, 6.45) is 4.30. The predicted molar refractivity (Wildman–Crippen MR) is 86.3 cm³/mol. The Bertz CT molecular complexity index is 463. The van der Waals surface area contributed by atoms with E-state index < -0.39 is 0 Å². The molecule has 20 heavy (non-hydrogen) atoms. The Labute approximate surface area is 125 Å². The van der Waals surface area contributed by atoms with Gasteiger partial charge in [-0.15, -0.1) is 0 Å². The van der Waals surface area contributed by atoms with Crippen molar-refractivity contribution in [3.63, 3.8) is 0 Å². The van der Waals surface area contributed by atoms with Gasteiger partial charge in [0.1, 0.15) is 5.82 Å². The standard InChI is InChI=1S/C14H21N5S/c1-18-6-8-19(9-7-18)13-5-4-12(10-15-13)17-14(20)16-11-2-3-11/h4-5,10-11H,2-3,6-9H2,1H3,(H2,16,17,20). The average molecular weight is 291 g/mol. The molecular weight excluding hydrogens is 270 g/mol. The minimum Gasteiger partial charge on any atom is -0.360 e. The molecule has 1 aliphatic carbocycles. The van der Waals surface area contributed by atoms with Crippen molar-refractivity contribution in [3.05, 3.63) is 18.3 Å². The SMILES string of the molecule is CN1CCN(c2ccc(NC(=S)NC3CC3)cn2)CC1. The molecule has 5 nitrogen and oxygen atoms in total. The number of aromatic nitrogens is 1. The van der Waals surface area contributed by atoms with Crippen LogP contribution in [-0.4, -0.2) is 54.3 Å². The number of anilines is 2. The molecule has 2 fully saturated rings. The molecule has 1 saturated heterocycles. The molecule has 108 valence electrons. The molecule has 2 heterocycles. The lowest BCUT2D eigenvalue weighted by atomic mass is 10.3. The second-order valence-electron chi connectivity index (χ2n) is 5.57. The van der Waals surface area contributed by atoms with Crippen LogP contribution in [0, 0.1) is 0 Å². The largest absolute Gasteiger partial charge is 0.360 e. The maximum atomic E-state index is 5.26. The van der Waals surface area contributed by atoms with E-state index in [4.69, 9.17) is 12.2 Å². The first-order valence-corrected chi connectivity index (χ1v) is 7.58. The van der Waals surface area contributed by atoms with Crippen LogP contribution >= 0.6 is 12.2 Å². The summed E-state index contributed by atoms with van der Waals surface area (Å²) in [4.78, 5) is 9.20. The van der Waals surface area contributed by atoms with Gasteiger partial charge in [0.15, 0.2) is 5.11 Å². The third-order valence-corrected chi connectivity index (χ3v) is 3.97. The Morgan fingerprint density at radius 2 is 2.00 bits per heavy atom. The van der Waals surface area contributed by atoms with Crippen LogP contribution in [0.5, 0.6) is 0 Å². The van der Waals surface area contributed by atoms with Crippen molar-refractivity contribution in [1.29, 1.82) is 0 Å². The summed E-state index contributed by atoms with van der Waals surface area (Å²) in [7, 11) is 2.16. The molecule has 1 saturated carbocycles. The van der Waals surface area contributed by atoms with E-state index in [-0.39, 0.29) is 0 Å². The molecule has 0 bridgehead atoms. The van der Waals surface area contributed by atoms with Gasteiger partial charge in [0.2, 0.25) is 0 Å². The van der Waals surface area contributed by atoms with E-state index in [1.807, 2.05) is 12.3 Å². The smallest absolute Gasteiger partial charge is 0.171 e. The fourth-order valence-corrected chi connectivity index (χ4v) is 2.55. The number of rotatable bonds is 3. The highest BCUT2D eigenvalue weighted by Crippen LogP contribution is 2.19. The molecule has 0 aromatic carbocycles. The van der Waals surface area contributed by atoms with Gasteiger partial charge in [-0.1, -0.05) is 0 Å². The highest BCUT2D eigenvalue weighted by Gasteiger charge is 2.21. The van der Waals surface area contributed by atoms with Crippen LogP contribution in [0.15, 0.2) is 18.3 Å². The number of pyridine rings is 1. The van der Waals surface area contributed by atoms with E-state index in [9.17, 15) is 0 Å². The molecule has 3 rings (SSSR count). The maximum Gasteiger partial charge on any atom is 0.171 e. The van der Waals surface area contributed by atoms with Gasteiger partial charge in [0.25, 0.3) is 0 Å². The van der Waals surface area contributed by atoms with E-state index >= 15 is 0 Å². The first kappa shape index (κ1) is 13.6. The molecular formula is C14H21N5S. The normalized spacial score (nSPS) is 19.8. The molecule has 2 N–H and O–H groups in total. The topological polar surface area (TPSA) is 43.4 Å². The fraction of sp³-hybridized carbons (Fsp3) is 0.571. The zero-order valence-electron chi connectivity index (χ0n) is 11.8. The van der Waals surface area contributed by atoms with Crippen LogP contribution in [0.1, 0.15) is 12.8 Å². The van der Waals surface area contributed by atoms with Gasteiger partial charge in [0.05, 0.1) is 11.9 Å². The highest BCUT2D eigenvalue weighted by molar-refractivity contribution is 7.80. The first-order chi connectivity index (χ1) is 9.70. The summed E-state index contributed by atoms with van der Waals surface area (Å²) in [5.41, 5.74) is 0.945. The number of nitrogens with one attached hydrogen (secondary N) is 2. The van der Waals surface area contributed by atoms with E-state index in [2.05, 4.69) is 38.5 Å². The quantitative estimate of drug-likeness (QED) is 0.818. The molecule has 0 spiro atoms. The monoisotopic (exact) mass is 291 g/mol. The summed E-state index contributed by atoms with van der Waals surface area (Å²) in [6.45, 7) is 4.27. The molecule has 1 aliphatic heterocycles. The average Bonchev–Trinajstić information content (AvgIpc) is 3.24. The minimum atomic E-state index is 0.576. The van der Waals surface area contributed by atoms with Crippen LogP contribution in [0.2, 0.25) is 0 Å². The summed E-state index contributed by atoms with van der Waals surface area (Å²) >= 11 is 5.26. The van der Waals surface area contributed by atoms with Crippen LogP contribution < -0.4 is 15.5 Å². The van der Waals surface area contributed by atoms with Gasteiger partial charge in [-0.2, -0.15) is 0 Å². The summed E-state index contributed by atoms with van der Waals surface area (Å²) < 4.78 is 0. The Morgan fingerprint density at radius 1 is 1.25 bits per heavy atom. The second-order valence-corrected chi connectivity index (χ2v) is 5.98. The van der Waals surface area contributed by atoms with E-state index in [1.54, 1.807) is 0 Å². The predicted octanol–water partition coefficient (Wildman–Crippen LogP) is 1.28. The van der Waals surface area contributed by atoms with Crippen molar-refractivity contribution in [2.24, 2.45) is 0 Å².